The van der Waals surface area contributed by atoms with Gasteiger partial charge in [-0.3, -0.25) is 9.59 Å². The molecule has 39 heavy (non-hydrogen) atoms. The van der Waals surface area contributed by atoms with Gasteiger partial charge in [-0.25, -0.2) is 0 Å². The quantitative estimate of drug-likeness (QED) is 0.214. The summed E-state index contributed by atoms with van der Waals surface area (Å²) in [5, 5.41) is 41.7. The van der Waals surface area contributed by atoms with E-state index in [1.807, 2.05) is 6.92 Å². The van der Waals surface area contributed by atoms with Crippen molar-refractivity contribution in [2.75, 3.05) is 13.7 Å². The Balaban J connectivity index is 2.02. The lowest BCUT2D eigenvalue weighted by atomic mass is 9.48. The van der Waals surface area contributed by atoms with Gasteiger partial charge in [-0.2, -0.15) is 0 Å². The second-order valence-corrected chi connectivity index (χ2v) is 13.1. The number of esters is 1. The Kier molecular flexibility index (Phi) is 8.82. The van der Waals surface area contributed by atoms with Crippen molar-refractivity contribution in [2.45, 2.75) is 91.3 Å². The molecule has 8 atom stereocenters. The molecule has 0 aromatic heterocycles. The van der Waals surface area contributed by atoms with E-state index in [2.05, 4.69) is 46.1 Å². The minimum Gasteiger partial charge on any atom is -0.481 e. The number of allylic oxidation sites excluding steroid dienone is 5. The van der Waals surface area contributed by atoms with E-state index in [-0.39, 0.29) is 30.1 Å². The topological polar surface area (TPSA) is 124 Å². The summed E-state index contributed by atoms with van der Waals surface area (Å²) in [6.45, 7) is 17.6. The van der Waals surface area contributed by atoms with Crippen LogP contribution < -0.4 is 0 Å². The Bertz CT molecular complexity index is 1080. The number of aliphatic hydroxyl groups excluding tert-OH is 2. The zero-order chi connectivity index (χ0) is 29.6. The molecule has 0 aromatic rings. The van der Waals surface area contributed by atoms with Gasteiger partial charge >= 0.3 is 11.9 Å². The Labute approximate surface area is 233 Å². The van der Waals surface area contributed by atoms with Crippen molar-refractivity contribution in [1.29, 1.82) is 0 Å². The van der Waals surface area contributed by atoms with Crippen LogP contribution in [-0.4, -0.2) is 57.8 Å². The predicted molar refractivity (Wildman–Crippen MR) is 151 cm³/mol. The molecular formula is C32H48O7. The van der Waals surface area contributed by atoms with Gasteiger partial charge < -0.3 is 25.2 Å². The van der Waals surface area contributed by atoms with Crippen LogP contribution in [0.15, 0.2) is 47.6 Å². The molecule has 0 bridgehead atoms. The van der Waals surface area contributed by atoms with Gasteiger partial charge in [0.25, 0.3) is 0 Å². The average molecular weight is 545 g/mol. The molecule has 0 radical (unpaired) electrons. The Morgan fingerprint density at radius 2 is 1.82 bits per heavy atom. The van der Waals surface area contributed by atoms with Crippen molar-refractivity contribution in [3.8, 4) is 0 Å². The molecule has 0 aliphatic heterocycles. The Morgan fingerprint density at radius 1 is 1.18 bits per heavy atom. The van der Waals surface area contributed by atoms with Crippen LogP contribution in [0.25, 0.3) is 0 Å². The summed E-state index contributed by atoms with van der Waals surface area (Å²) in [5.74, 6) is -2.41. The maximum absolute atomic E-state index is 12.6. The van der Waals surface area contributed by atoms with Crippen LogP contribution in [-0.2, 0) is 14.3 Å². The predicted octanol–water partition coefficient (Wildman–Crippen LogP) is 4.97. The number of fused-ring (bicyclic) bond motifs is 3. The molecule has 218 valence electrons. The largest absolute Gasteiger partial charge is 0.481 e. The van der Waals surface area contributed by atoms with Gasteiger partial charge in [0.2, 0.25) is 0 Å². The fraction of sp³-hybridized carbons (Fsp3) is 0.688. The summed E-state index contributed by atoms with van der Waals surface area (Å²) in [4.78, 5) is 24.8. The highest BCUT2D eigenvalue weighted by Crippen LogP contribution is 2.70. The fourth-order valence-corrected chi connectivity index (χ4v) is 8.03. The maximum Gasteiger partial charge on any atom is 0.306 e. The summed E-state index contributed by atoms with van der Waals surface area (Å²) in [7, 11) is 1.40. The highest BCUT2D eigenvalue weighted by atomic mass is 16.5. The fourth-order valence-electron chi connectivity index (χ4n) is 8.03. The molecule has 0 aromatic carbocycles. The van der Waals surface area contributed by atoms with Crippen LogP contribution in [0.4, 0.5) is 0 Å². The molecule has 7 nitrogen and oxygen atoms in total. The SMILES string of the molecule is C=C(C)[C@@H]1CC=C2C(=CC[C@]3(C)[C@@H]([C@H](CCC(=C)[C@](C)(O)CO)C(=O)O)[C@H](O)C[C@@]23C)[C@@]1(C)CCC(=O)OC. The Hall–Kier alpha value is -2.22. The van der Waals surface area contributed by atoms with Crippen LogP contribution in [0, 0.1) is 34.0 Å². The average Bonchev–Trinajstić information content (AvgIpc) is 3.07. The lowest BCUT2D eigenvalue weighted by molar-refractivity contribution is -0.148. The zero-order valence-electron chi connectivity index (χ0n) is 24.5. The normalized spacial score (nSPS) is 36.0. The number of aliphatic carboxylic acids is 1. The van der Waals surface area contributed by atoms with Gasteiger partial charge in [-0.1, -0.05) is 51.7 Å². The van der Waals surface area contributed by atoms with Crippen molar-refractivity contribution >= 4 is 11.9 Å². The number of hydrogen-bond acceptors (Lipinski definition) is 6. The molecule has 3 rings (SSSR count). The van der Waals surface area contributed by atoms with Gasteiger partial charge in [-0.05, 0) is 85.8 Å². The molecule has 3 aliphatic carbocycles. The molecule has 1 saturated carbocycles. The number of ether oxygens (including phenoxy) is 1. The first-order valence-corrected chi connectivity index (χ1v) is 14.1. The highest BCUT2D eigenvalue weighted by molar-refractivity contribution is 5.71. The standard InChI is InChI=1S/C32H48O7/c1-19(2)22-11-12-24-23(29(22,4)15-14-26(35)39-8)13-16-30(5)27(25(34)17-31(24,30)6)21(28(36)37)10-9-20(3)32(7,38)18-33/h12-13,21-22,25,27,33-34,38H,1,3,9-11,14-18H2,2,4-8H3,(H,36,37)/t21-,22-,25+,27-,29-,30+,31-,32+/m0/s1. The van der Waals surface area contributed by atoms with E-state index in [9.17, 15) is 30.0 Å². The van der Waals surface area contributed by atoms with Gasteiger partial charge in [-0.15, -0.1) is 0 Å². The van der Waals surface area contributed by atoms with Gasteiger partial charge in [0.05, 0.1) is 25.7 Å². The number of aliphatic hydroxyl groups is 3. The van der Waals surface area contributed by atoms with E-state index in [1.165, 1.54) is 19.6 Å². The van der Waals surface area contributed by atoms with E-state index in [1.54, 1.807) is 0 Å². The number of carboxylic acids is 1. The third-order valence-electron chi connectivity index (χ3n) is 10.8. The summed E-state index contributed by atoms with van der Waals surface area (Å²) < 4.78 is 4.95. The molecule has 3 aliphatic rings. The minimum atomic E-state index is -1.49. The van der Waals surface area contributed by atoms with Gasteiger partial charge in [0.1, 0.15) is 5.60 Å². The Morgan fingerprint density at radius 3 is 2.36 bits per heavy atom. The summed E-state index contributed by atoms with van der Waals surface area (Å²) >= 11 is 0. The van der Waals surface area contributed by atoms with E-state index < -0.39 is 46.9 Å². The number of hydrogen-bond donors (Lipinski definition) is 4. The van der Waals surface area contributed by atoms with Crippen molar-refractivity contribution in [2.24, 2.45) is 34.0 Å². The van der Waals surface area contributed by atoms with E-state index in [0.29, 0.717) is 31.3 Å². The smallest absolute Gasteiger partial charge is 0.306 e. The van der Waals surface area contributed by atoms with Crippen LogP contribution in [0.1, 0.15) is 79.6 Å². The van der Waals surface area contributed by atoms with Crippen molar-refractivity contribution in [3.05, 3.63) is 47.6 Å². The molecular weight excluding hydrogens is 496 g/mol. The molecule has 0 unspecified atom stereocenters. The van der Waals surface area contributed by atoms with Crippen LogP contribution >= 0.6 is 0 Å². The number of rotatable bonds is 11. The lowest BCUT2D eigenvalue weighted by Gasteiger charge is -2.56. The van der Waals surface area contributed by atoms with Gasteiger partial charge in [0, 0.05) is 17.8 Å². The van der Waals surface area contributed by atoms with Crippen molar-refractivity contribution in [1.82, 2.24) is 0 Å². The third kappa shape index (κ3) is 5.18. The summed E-state index contributed by atoms with van der Waals surface area (Å²) in [5.41, 5.74) is 0.963. The monoisotopic (exact) mass is 544 g/mol. The minimum absolute atomic E-state index is 0.157. The summed E-state index contributed by atoms with van der Waals surface area (Å²) in [6, 6.07) is 0. The number of carbonyl (C=O) groups is 2. The van der Waals surface area contributed by atoms with Crippen molar-refractivity contribution < 1.29 is 34.8 Å². The van der Waals surface area contributed by atoms with Crippen LogP contribution in [0.3, 0.4) is 0 Å². The number of carboxylic acid groups (broad SMARTS) is 1. The first kappa shape index (κ1) is 31.3. The van der Waals surface area contributed by atoms with E-state index >= 15 is 0 Å². The molecule has 7 heteroatoms. The van der Waals surface area contributed by atoms with Crippen molar-refractivity contribution in [3.63, 3.8) is 0 Å². The maximum atomic E-state index is 12.6. The summed E-state index contributed by atoms with van der Waals surface area (Å²) in [6.07, 6.45) is 6.83. The lowest BCUT2D eigenvalue weighted by Crippen LogP contribution is -2.48. The molecule has 0 saturated heterocycles. The van der Waals surface area contributed by atoms with E-state index in [4.69, 9.17) is 4.74 Å². The van der Waals surface area contributed by atoms with Gasteiger partial charge in [0.15, 0.2) is 0 Å². The molecule has 0 spiro atoms. The molecule has 0 heterocycles. The first-order valence-electron chi connectivity index (χ1n) is 14.1. The number of methoxy groups -OCH3 is 1. The second kappa shape index (κ2) is 11.0. The number of carbonyl (C=O) groups excluding carboxylic acids is 1. The highest BCUT2D eigenvalue weighted by Gasteiger charge is 2.65. The van der Waals surface area contributed by atoms with Crippen LogP contribution in [0.2, 0.25) is 0 Å². The van der Waals surface area contributed by atoms with Crippen LogP contribution in [0.5, 0.6) is 0 Å². The molecule has 4 N–H and O–H groups in total. The first-order chi connectivity index (χ1) is 18.0. The second-order valence-electron chi connectivity index (χ2n) is 13.1. The molecule has 0 amide bonds. The zero-order valence-corrected chi connectivity index (χ0v) is 24.5. The molecule has 1 fully saturated rings. The van der Waals surface area contributed by atoms with E-state index in [0.717, 1.165) is 17.6 Å². The third-order valence-corrected chi connectivity index (χ3v) is 10.8.